The van der Waals surface area contributed by atoms with Gasteiger partial charge in [0.25, 0.3) is 0 Å². The Morgan fingerprint density at radius 2 is 1.73 bits per heavy atom. The molecule has 0 aliphatic heterocycles. The Kier molecular flexibility index (Phi) is 8.27. The van der Waals surface area contributed by atoms with Crippen LogP contribution in [0, 0.1) is 0 Å². The lowest BCUT2D eigenvalue weighted by Gasteiger charge is -2.36. The van der Waals surface area contributed by atoms with Crippen molar-refractivity contribution in [3.63, 3.8) is 0 Å². The number of hydrogen-bond donors (Lipinski definition) is 0. The Balaban J connectivity index is 2.26. The van der Waals surface area contributed by atoms with Gasteiger partial charge in [-0.2, -0.15) is 0 Å². The van der Waals surface area contributed by atoms with Crippen LogP contribution < -0.4 is 4.74 Å². The van der Waals surface area contributed by atoms with Gasteiger partial charge in [-0.3, -0.25) is 0 Å². The summed E-state index contributed by atoms with van der Waals surface area (Å²) >= 11 is 0. The standard InChI is InChI=1S/C25H36O4Si/c1-8-12-21-17-19(18-28-30(6,7)25(2,3)4)15-16-22(21)29-23(24(26)27-5)20-13-10-9-11-14-20/h9-11,13-17,23H,8,12,18H2,1-7H3. The van der Waals surface area contributed by atoms with E-state index in [2.05, 4.69) is 46.9 Å². The van der Waals surface area contributed by atoms with E-state index in [1.54, 1.807) is 0 Å². The average Bonchev–Trinajstić information content (AvgIpc) is 2.71. The summed E-state index contributed by atoms with van der Waals surface area (Å²) in [4.78, 5) is 12.4. The van der Waals surface area contributed by atoms with Gasteiger partial charge in [0.15, 0.2) is 8.32 Å². The summed E-state index contributed by atoms with van der Waals surface area (Å²) in [7, 11) is -0.435. The third-order valence-corrected chi connectivity index (χ3v) is 10.3. The zero-order valence-corrected chi connectivity index (χ0v) is 20.5. The molecule has 164 valence electrons. The fourth-order valence-electron chi connectivity index (χ4n) is 2.90. The van der Waals surface area contributed by atoms with Crippen LogP contribution in [0.25, 0.3) is 0 Å². The molecule has 2 aromatic carbocycles. The van der Waals surface area contributed by atoms with Crippen molar-refractivity contribution in [2.45, 2.75) is 71.4 Å². The van der Waals surface area contributed by atoms with Crippen molar-refractivity contribution < 1.29 is 18.7 Å². The van der Waals surface area contributed by atoms with Crippen LogP contribution in [0.3, 0.4) is 0 Å². The summed E-state index contributed by atoms with van der Waals surface area (Å²) in [5.41, 5.74) is 2.99. The van der Waals surface area contributed by atoms with Crippen molar-refractivity contribution in [1.82, 2.24) is 0 Å². The largest absolute Gasteiger partial charge is 0.474 e. The van der Waals surface area contributed by atoms with Gasteiger partial charge in [0.1, 0.15) is 5.75 Å². The van der Waals surface area contributed by atoms with Crippen LogP contribution >= 0.6 is 0 Å². The molecule has 0 N–H and O–H groups in total. The average molecular weight is 429 g/mol. The van der Waals surface area contributed by atoms with E-state index in [-0.39, 0.29) is 5.04 Å². The zero-order valence-electron chi connectivity index (χ0n) is 19.5. The monoisotopic (exact) mass is 428 g/mol. The lowest BCUT2D eigenvalue weighted by molar-refractivity contribution is -0.149. The van der Waals surface area contributed by atoms with Gasteiger partial charge in [0.05, 0.1) is 13.7 Å². The number of carbonyl (C=O) groups is 1. The van der Waals surface area contributed by atoms with Gasteiger partial charge in [0, 0.05) is 5.56 Å². The highest BCUT2D eigenvalue weighted by Crippen LogP contribution is 2.37. The zero-order chi connectivity index (χ0) is 22.4. The van der Waals surface area contributed by atoms with E-state index in [9.17, 15) is 4.79 Å². The maximum Gasteiger partial charge on any atom is 0.351 e. The molecule has 0 aromatic heterocycles. The molecule has 0 saturated carbocycles. The summed E-state index contributed by atoms with van der Waals surface area (Å²) in [6, 6.07) is 15.6. The molecule has 5 heteroatoms. The molecule has 0 aliphatic rings. The summed E-state index contributed by atoms with van der Waals surface area (Å²) in [6.07, 6.45) is 1.06. The molecule has 0 heterocycles. The van der Waals surface area contributed by atoms with Gasteiger partial charge in [0.2, 0.25) is 6.10 Å². The van der Waals surface area contributed by atoms with Crippen molar-refractivity contribution in [1.29, 1.82) is 0 Å². The summed E-state index contributed by atoms with van der Waals surface area (Å²) in [6.45, 7) is 14.0. The Labute approximate surface area is 182 Å². The Hall–Kier alpha value is -2.11. The lowest BCUT2D eigenvalue weighted by Crippen LogP contribution is -2.40. The molecule has 0 spiro atoms. The van der Waals surface area contributed by atoms with Gasteiger partial charge in [-0.15, -0.1) is 0 Å². The molecular weight excluding hydrogens is 392 g/mol. The highest BCUT2D eigenvalue weighted by Gasteiger charge is 2.37. The van der Waals surface area contributed by atoms with Crippen molar-refractivity contribution in [3.05, 3.63) is 65.2 Å². The number of rotatable bonds is 9. The van der Waals surface area contributed by atoms with E-state index < -0.39 is 20.4 Å². The van der Waals surface area contributed by atoms with Crippen molar-refractivity contribution >= 4 is 14.3 Å². The van der Waals surface area contributed by atoms with Gasteiger partial charge < -0.3 is 13.9 Å². The van der Waals surface area contributed by atoms with Crippen LogP contribution in [0.2, 0.25) is 18.1 Å². The second-order valence-electron chi connectivity index (χ2n) is 9.17. The molecule has 0 amide bonds. The van der Waals surface area contributed by atoms with E-state index >= 15 is 0 Å². The molecule has 2 aromatic rings. The van der Waals surface area contributed by atoms with E-state index in [0.29, 0.717) is 12.4 Å². The predicted octanol–water partition coefficient (Wildman–Crippen LogP) is 6.45. The first-order chi connectivity index (χ1) is 14.1. The minimum Gasteiger partial charge on any atom is -0.474 e. The van der Waals surface area contributed by atoms with Crippen molar-refractivity contribution in [2.75, 3.05) is 7.11 Å². The molecule has 0 bridgehead atoms. The highest BCUT2D eigenvalue weighted by atomic mass is 28.4. The van der Waals surface area contributed by atoms with Crippen LogP contribution in [0.5, 0.6) is 5.75 Å². The predicted molar refractivity (Wildman–Crippen MR) is 124 cm³/mol. The maximum atomic E-state index is 12.4. The maximum absolute atomic E-state index is 12.4. The van der Waals surface area contributed by atoms with Gasteiger partial charge >= 0.3 is 5.97 Å². The molecule has 0 aliphatic carbocycles. The van der Waals surface area contributed by atoms with Crippen LogP contribution in [0.15, 0.2) is 48.5 Å². The number of hydrogen-bond acceptors (Lipinski definition) is 4. The van der Waals surface area contributed by atoms with Crippen molar-refractivity contribution in [2.24, 2.45) is 0 Å². The Bertz CT molecular complexity index is 825. The van der Waals surface area contributed by atoms with E-state index in [0.717, 1.165) is 29.5 Å². The molecular formula is C25H36O4Si. The molecule has 1 atom stereocenters. The number of ether oxygens (including phenoxy) is 2. The Morgan fingerprint density at radius 1 is 1.07 bits per heavy atom. The van der Waals surface area contributed by atoms with Crippen LogP contribution in [-0.4, -0.2) is 21.4 Å². The van der Waals surface area contributed by atoms with Crippen LogP contribution in [0.4, 0.5) is 0 Å². The van der Waals surface area contributed by atoms with E-state index in [1.807, 2.05) is 42.5 Å². The van der Waals surface area contributed by atoms with Gasteiger partial charge in [-0.1, -0.05) is 70.5 Å². The fraction of sp³-hybridized carbons (Fsp3) is 0.480. The lowest BCUT2D eigenvalue weighted by atomic mass is 10.0. The molecule has 30 heavy (non-hydrogen) atoms. The topological polar surface area (TPSA) is 44.8 Å². The summed E-state index contributed by atoms with van der Waals surface area (Å²) < 4.78 is 17.6. The molecule has 0 saturated heterocycles. The summed E-state index contributed by atoms with van der Waals surface area (Å²) in [5, 5.41) is 0.172. The third-order valence-electron chi connectivity index (χ3n) is 5.81. The second kappa shape index (κ2) is 10.3. The summed E-state index contributed by atoms with van der Waals surface area (Å²) in [5.74, 6) is 0.307. The minimum absolute atomic E-state index is 0.172. The van der Waals surface area contributed by atoms with E-state index in [4.69, 9.17) is 13.9 Å². The number of methoxy groups -OCH3 is 1. The van der Waals surface area contributed by atoms with Crippen LogP contribution in [-0.2, 0) is 27.0 Å². The number of carbonyl (C=O) groups excluding carboxylic acids is 1. The number of benzene rings is 2. The molecule has 0 fully saturated rings. The molecule has 0 radical (unpaired) electrons. The highest BCUT2D eigenvalue weighted by molar-refractivity contribution is 6.74. The van der Waals surface area contributed by atoms with Gasteiger partial charge in [-0.05, 0) is 47.8 Å². The van der Waals surface area contributed by atoms with Crippen molar-refractivity contribution in [3.8, 4) is 5.75 Å². The smallest absolute Gasteiger partial charge is 0.351 e. The van der Waals surface area contributed by atoms with E-state index in [1.165, 1.54) is 7.11 Å². The first kappa shape index (κ1) is 24.2. The SMILES string of the molecule is CCCc1cc(CO[Si](C)(C)C(C)(C)C)ccc1OC(C(=O)OC)c1ccccc1. The molecule has 4 nitrogen and oxygen atoms in total. The Morgan fingerprint density at radius 3 is 2.30 bits per heavy atom. The number of esters is 1. The molecule has 2 rings (SSSR count). The van der Waals surface area contributed by atoms with Gasteiger partial charge in [-0.25, -0.2) is 4.79 Å². The number of aryl methyl sites for hydroxylation is 1. The molecule has 1 unspecified atom stereocenters. The van der Waals surface area contributed by atoms with Crippen LogP contribution in [0.1, 0.15) is 56.9 Å². The normalized spacial score (nSPS) is 13.0. The fourth-order valence-corrected chi connectivity index (χ4v) is 3.86. The third kappa shape index (κ3) is 6.19. The first-order valence-corrected chi connectivity index (χ1v) is 13.5. The second-order valence-corrected chi connectivity index (χ2v) is 14.0. The minimum atomic E-state index is -1.82. The quantitative estimate of drug-likeness (QED) is 0.340. The first-order valence-electron chi connectivity index (χ1n) is 10.6.